The number of fused-ring (bicyclic) bond motifs is 4. The first-order valence-corrected chi connectivity index (χ1v) is 10.1. The third kappa shape index (κ3) is 2.98. The number of amides is 1. The van der Waals surface area contributed by atoms with Gasteiger partial charge in [0, 0.05) is 48.0 Å². The Balaban J connectivity index is 1.63. The first-order valence-electron chi connectivity index (χ1n) is 10.1. The molecule has 1 fully saturated rings. The fraction of sp³-hybridized carbons (Fsp3) is 0.304. The van der Waals surface area contributed by atoms with Crippen LogP contribution in [0.1, 0.15) is 16.1 Å². The van der Waals surface area contributed by atoms with E-state index in [9.17, 15) is 9.90 Å². The number of phenolic OH excluding ortho intramolecular Hbond substituents is 1. The molecule has 5 rings (SSSR count). The standard InChI is InChI=1S/C23H24N4O3/c1-14-16-5-6-24-21(23(29)25-13-27-7-9-30-10-8-27)18(16)12-19-17-11-15(28)3-4-20(17)26(2)22(14)19/h3-6,11-12,28H,7-10,13H2,1-2H3,(H,25,29). The molecule has 7 heteroatoms. The Morgan fingerprint density at radius 2 is 1.93 bits per heavy atom. The molecule has 0 aliphatic carbocycles. The number of carbonyl (C=O) groups excluding carboxylic acids is 1. The van der Waals surface area contributed by atoms with E-state index >= 15 is 0 Å². The molecule has 3 heterocycles. The van der Waals surface area contributed by atoms with Crippen LogP contribution in [0.2, 0.25) is 0 Å². The summed E-state index contributed by atoms with van der Waals surface area (Å²) in [5.41, 5.74) is 3.63. The number of nitrogens with zero attached hydrogens (tertiary/aromatic N) is 3. The van der Waals surface area contributed by atoms with Gasteiger partial charge in [0.15, 0.2) is 0 Å². The minimum absolute atomic E-state index is 0.186. The van der Waals surface area contributed by atoms with Crippen LogP contribution in [-0.4, -0.2) is 58.4 Å². The van der Waals surface area contributed by atoms with E-state index in [2.05, 4.69) is 26.7 Å². The van der Waals surface area contributed by atoms with Crippen molar-refractivity contribution in [1.29, 1.82) is 0 Å². The molecule has 1 aliphatic rings. The van der Waals surface area contributed by atoms with Crippen LogP contribution >= 0.6 is 0 Å². The van der Waals surface area contributed by atoms with E-state index in [1.165, 1.54) is 0 Å². The fourth-order valence-electron chi connectivity index (χ4n) is 4.49. The van der Waals surface area contributed by atoms with Crippen LogP contribution in [-0.2, 0) is 11.8 Å². The van der Waals surface area contributed by atoms with Crippen molar-refractivity contribution in [2.45, 2.75) is 6.92 Å². The Morgan fingerprint density at radius 3 is 2.73 bits per heavy atom. The SMILES string of the molecule is Cc1c2ccnc(C(=O)NCN3CCOCC3)c2cc2c3cc(O)ccc3n(C)c12. The van der Waals surface area contributed by atoms with Gasteiger partial charge in [0.2, 0.25) is 0 Å². The predicted octanol–water partition coefficient (Wildman–Crippen LogP) is 2.91. The average Bonchev–Trinajstić information content (AvgIpc) is 3.04. The number of phenols is 1. The van der Waals surface area contributed by atoms with Gasteiger partial charge >= 0.3 is 0 Å². The number of aromatic nitrogens is 2. The summed E-state index contributed by atoms with van der Waals surface area (Å²) in [6.45, 7) is 5.54. The third-order valence-corrected chi connectivity index (χ3v) is 6.04. The molecule has 7 nitrogen and oxygen atoms in total. The lowest BCUT2D eigenvalue weighted by Gasteiger charge is -2.26. The molecule has 2 N–H and O–H groups in total. The number of morpholine rings is 1. The van der Waals surface area contributed by atoms with Gasteiger partial charge in [-0.2, -0.15) is 0 Å². The highest BCUT2D eigenvalue weighted by Gasteiger charge is 2.19. The molecule has 4 aromatic rings. The Labute approximate surface area is 173 Å². The van der Waals surface area contributed by atoms with Crippen molar-refractivity contribution >= 4 is 38.5 Å². The van der Waals surface area contributed by atoms with Crippen LogP contribution in [0.15, 0.2) is 36.5 Å². The molecule has 0 atom stereocenters. The maximum absolute atomic E-state index is 13.0. The van der Waals surface area contributed by atoms with Gasteiger partial charge in [-0.1, -0.05) is 0 Å². The van der Waals surface area contributed by atoms with Gasteiger partial charge in [0.25, 0.3) is 5.91 Å². The summed E-state index contributed by atoms with van der Waals surface area (Å²) in [4.78, 5) is 19.6. The topological polar surface area (TPSA) is 79.6 Å². The van der Waals surface area contributed by atoms with Crippen molar-refractivity contribution in [2.75, 3.05) is 33.0 Å². The predicted molar refractivity (Wildman–Crippen MR) is 117 cm³/mol. The van der Waals surface area contributed by atoms with Crippen molar-refractivity contribution in [1.82, 2.24) is 19.8 Å². The van der Waals surface area contributed by atoms with E-state index in [1.54, 1.807) is 18.3 Å². The summed E-state index contributed by atoms with van der Waals surface area (Å²) in [5.74, 6) is 0.0383. The maximum Gasteiger partial charge on any atom is 0.271 e. The van der Waals surface area contributed by atoms with Crippen molar-refractivity contribution in [2.24, 2.45) is 7.05 Å². The lowest BCUT2D eigenvalue weighted by Crippen LogP contribution is -2.43. The quantitative estimate of drug-likeness (QED) is 0.549. The highest BCUT2D eigenvalue weighted by molar-refractivity contribution is 6.17. The summed E-state index contributed by atoms with van der Waals surface area (Å²) >= 11 is 0. The molecule has 1 aliphatic heterocycles. The molecule has 0 unspecified atom stereocenters. The number of aromatic hydroxyl groups is 1. The van der Waals surface area contributed by atoms with Crippen LogP contribution in [0, 0.1) is 6.92 Å². The molecule has 1 saturated heterocycles. The number of hydrogen-bond acceptors (Lipinski definition) is 5. The first kappa shape index (κ1) is 18.8. The fourth-order valence-corrected chi connectivity index (χ4v) is 4.49. The van der Waals surface area contributed by atoms with Crippen LogP contribution in [0.3, 0.4) is 0 Å². The van der Waals surface area contributed by atoms with Crippen LogP contribution in [0.4, 0.5) is 0 Å². The smallest absolute Gasteiger partial charge is 0.271 e. The molecule has 0 spiro atoms. The van der Waals surface area contributed by atoms with E-state index in [-0.39, 0.29) is 11.7 Å². The second kappa shape index (κ2) is 7.27. The third-order valence-electron chi connectivity index (χ3n) is 6.04. The van der Waals surface area contributed by atoms with Gasteiger partial charge in [0.1, 0.15) is 11.4 Å². The molecule has 154 valence electrons. The average molecular weight is 404 g/mol. The second-order valence-electron chi connectivity index (χ2n) is 7.81. The number of aryl methyl sites for hydroxylation is 2. The van der Waals surface area contributed by atoms with Crippen molar-refractivity contribution < 1.29 is 14.6 Å². The molecule has 2 aromatic carbocycles. The van der Waals surface area contributed by atoms with Gasteiger partial charge < -0.3 is 19.7 Å². The number of hydrogen-bond donors (Lipinski definition) is 2. The molecule has 30 heavy (non-hydrogen) atoms. The number of ether oxygens (including phenoxy) is 1. The molecule has 0 radical (unpaired) electrons. The molecular formula is C23H24N4O3. The largest absolute Gasteiger partial charge is 0.508 e. The number of nitrogens with one attached hydrogen (secondary N) is 1. The first-order chi connectivity index (χ1) is 14.5. The number of carbonyl (C=O) groups is 1. The van der Waals surface area contributed by atoms with Gasteiger partial charge in [-0.25, -0.2) is 0 Å². The monoisotopic (exact) mass is 404 g/mol. The molecule has 2 aromatic heterocycles. The van der Waals surface area contributed by atoms with E-state index in [0.29, 0.717) is 25.6 Å². The Hall–Kier alpha value is -3.16. The minimum atomic E-state index is -0.186. The molecule has 1 amide bonds. The zero-order valence-corrected chi connectivity index (χ0v) is 17.1. The van der Waals surface area contributed by atoms with Crippen LogP contribution in [0.25, 0.3) is 32.6 Å². The number of rotatable bonds is 3. The Morgan fingerprint density at radius 1 is 1.13 bits per heavy atom. The summed E-state index contributed by atoms with van der Waals surface area (Å²) in [5, 5.41) is 16.8. The van der Waals surface area contributed by atoms with E-state index < -0.39 is 0 Å². The maximum atomic E-state index is 13.0. The molecule has 0 bridgehead atoms. The number of benzene rings is 2. The highest BCUT2D eigenvalue weighted by atomic mass is 16.5. The summed E-state index contributed by atoms with van der Waals surface area (Å²) in [6, 6.07) is 9.37. The summed E-state index contributed by atoms with van der Waals surface area (Å²) in [7, 11) is 2.03. The number of pyridine rings is 1. The zero-order chi connectivity index (χ0) is 20.8. The van der Waals surface area contributed by atoms with Crippen molar-refractivity contribution in [3.8, 4) is 5.75 Å². The summed E-state index contributed by atoms with van der Waals surface area (Å²) < 4.78 is 7.50. The summed E-state index contributed by atoms with van der Waals surface area (Å²) in [6.07, 6.45) is 1.69. The highest BCUT2D eigenvalue weighted by Crippen LogP contribution is 2.36. The van der Waals surface area contributed by atoms with Gasteiger partial charge in [-0.15, -0.1) is 0 Å². The van der Waals surface area contributed by atoms with Crippen LogP contribution in [0.5, 0.6) is 5.75 Å². The normalized spacial score (nSPS) is 15.3. The zero-order valence-electron chi connectivity index (χ0n) is 17.1. The van der Waals surface area contributed by atoms with E-state index in [4.69, 9.17) is 4.74 Å². The molecular weight excluding hydrogens is 380 g/mol. The second-order valence-corrected chi connectivity index (χ2v) is 7.81. The minimum Gasteiger partial charge on any atom is -0.508 e. The lowest BCUT2D eigenvalue weighted by molar-refractivity contribution is 0.0334. The van der Waals surface area contributed by atoms with Gasteiger partial charge in [-0.3, -0.25) is 14.7 Å². The van der Waals surface area contributed by atoms with Crippen molar-refractivity contribution in [3.63, 3.8) is 0 Å². The van der Waals surface area contributed by atoms with Crippen LogP contribution < -0.4 is 5.32 Å². The Bertz CT molecular complexity index is 1290. The van der Waals surface area contributed by atoms with E-state index in [1.807, 2.05) is 25.2 Å². The van der Waals surface area contributed by atoms with Crippen molar-refractivity contribution in [3.05, 3.63) is 47.8 Å². The van der Waals surface area contributed by atoms with E-state index in [0.717, 1.165) is 51.2 Å². The lowest BCUT2D eigenvalue weighted by atomic mass is 10.00. The Kier molecular flexibility index (Phi) is 4.56. The van der Waals surface area contributed by atoms with Gasteiger partial charge in [0.05, 0.1) is 25.4 Å². The van der Waals surface area contributed by atoms with Gasteiger partial charge in [-0.05, 0) is 48.2 Å². The molecule has 0 saturated carbocycles.